The number of aliphatic imine (C=N–C) groups is 2. The van der Waals surface area contributed by atoms with Crippen LogP contribution in [0.5, 0.6) is 11.5 Å². The van der Waals surface area contributed by atoms with Crippen LogP contribution in [0.4, 0.5) is 0 Å². The molecule has 0 amide bonds. The first-order valence-electron chi connectivity index (χ1n) is 18.4. The summed E-state index contributed by atoms with van der Waals surface area (Å²) < 4.78 is 6.58. The number of amidine groups is 2. The zero-order valence-electron chi connectivity index (χ0n) is 29.3. The summed E-state index contributed by atoms with van der Waals surface area (Å²) in [5.41, 5.74) is 12.3. The summed E-state index contributed by atoms with van der Waals surface area (Å²) in [6.45, 7) is 0. The number of fused-ring (bicyclic) bond motifs is 10. The fourth-order valence-corrected chi connectivity index (χ4v) is 8.91. The monoisotopic (exact) mass is 691 g/mol. The van der Waals surface area contributed by atoms with Gasteiger partial charge in [-0.1, -0.05) is 170 Å². The number of benzene rings is 8. The lowest BCUT2D eigenvalue weighted by atomic mass is 9.66. The Hall–Kier alpha value is -7.04. The van der Waals surface area contributed by atoms with Crippen molar-refractivity contribution < 1.29 is 4.74 Å². The van der Waals surface area contributed by atoms with E-state index in [-0.39, 0.29) is 6.17 Å². The molecule has 1 unspecified atom stereocenters. The maximum Gasteiger partial charge on any atom is 0.159 e. The molecular weight excluding hydrogens is 659 g/mol. The molecule has 0 bridgehead atoms. The molecule has 8 aromatic carbocycles. The van der Waals surface area contributed by atoms with Gasteiger partial charge in [0.25, 0.3) is 0 Å². The van der Waals surface area contributed by atoms with Crippen molar-refractivity contribution in [2.24, 2.45) is 9.98 Å². The van der Waals surface area contributed by atoms with Crippen LogP contribution < -0.4 is 10.1 Å². The van der Waals surface area contributed by atoms with E-state index in [1.54, 1.807) is 0 Å². The molecule has 1 atom stereocenters. The second-order valence-electron chi connectivity index (χ2n) is 14.1. The molecular formula is C50H33N3O. The highest BCUT2D eigenvalue weighted by molar-refractivity contribution is 6.13. The van der Waals surface area contributed by atoms with Gasteiger partial charge in [0.1, 0.15) is 23.5 Å². The molecule has 2 heterocycles. The van der Waals surface area contributed by atoms with Crippen LogP contribution in [0, 0.1) is 0 Å². The average molecular weight is 692 g/mol. The van der Waals surface area contributed by atoms with Crippen LogP contribution in [0.3, 0.4) is 0 Å². The van der Waals surface area contributed by atoms with Crippen molar-refractivity contribution in [1.82, 2.24) is 5.32 Å². The molecule has 0 aromatic heterocycles. The van der Waals surface area contributed by atoms with Crippen molar-refractivity contribution in [1.29, 1.82) is 0 Å². The number of nitrogens with one attached hydrogen (secondary N) is 1. The highest BCUT2D eigenvalue weighted by Crippen LogP contribution is 2.62. The van der Waals surface area contributed by atoms with Crippen molar-refractivity contribution in [3.05, 3.63) is 227 Å². The standard InChI is InChI=1S/C50H33N3O/c1-3-15-32(16-4-1)47-51-48(33-17-5-2-6-18-33)53-49(52-47)40-23-14-21-36-35(20-13-22-37(36)40)34-29-30-39-38-19-7-8-24-41(38)50(44(39)31-34)42-25-9-11-27-45(42)54-46-28-12-10-26-43(46)50/h1-31,49H,(H,51,52,53). The highest BCUT2D eigenvalue weighted by Gasteiger charge is 2.51. The molecule has 1 aliphatic carbocycles. The van der Waals surface area contributed by atoms with Crippen molar-refractivity contribution in [2.75, 3.05) is 0 Å². The van der Waals surface area contributed by atoms with E-state index in [1.165, 1.54) is 49.9 Å². The van der Waals surface area contributed by atoms with Gasteiger partial charge in [0.2, 0.25) is 0 Å². The smallest absolute Gasteiger partial charge is 0.159 e. The van der Waals surface area contributed by atoms with Gasteiger partial charge in [-0.3, -0.25) is 0 Å². The van der Waals surface area contributed by atoms with Gasteiger partial charge < -0.3 is 10.1 Å². The van der Waals surface area contributed by atoms with Crippen LogP contribution in [-0.2, 0) is 5.41 Å². The molecule has 1 spiro atoms. The van der Waals surface area contributed by atoms with Crippen LogP contribution in [-0.4, -0.2) is 11.7 Å². The van der Waals surface area contributed by atoms with Gasteiger partial charge in [0.05, 0.1) is 5.41 Å². The summed E-state index contributed by atoms with van der Waals surface area (Å²) in [6.07, 6.45) is -0.333. The summed E-state index contributed by atoms with van der Waals surface area (Å²) >= 11 is 0. The fourth-order valence-electron chi connectivity index (χ4n) is 8.91. The Balaban J connectivity index is 1.09. The molecule has 54 heavy (non-hydrogen) atoms. The zero-order chi connectivity index (χ0) is 35.6. The van der Waals surface area contributed by atoms with Gasteiger partial charge >= 0.3 is 0 Å². The first kappa shape index (κ1) is 30.6. The van der Waals surface area contributed by atoms with Gasteiger partial charge in [-0.15, -0.1) is 0 Å². The molecule has 11 rings (SSSR count). The van der Waals surface area contributed by atoms with Gasteiger partial charge in [-0.25, -0.2) is 9.98 Å². The third kappa shape index (κ3) is 4.50. The molecule has 0 saturated carbocycles. The third-order valence-corrected chi connectivity index (χ3v) is 11.2. The Morgan fingerprint density at radius 3 is 1.80 bits per heavy atom. The number of hydrogen-bond acceptors (Lipinski definition) is 4. The Bertz CT molecular complexity index is 2790. The fraction of sp³-hybridized carbons (Fsp3) is 0.0400. The predicted molar refractivity (Wildman–Crippen MR) is 219 cm³/mol. The topological polar surface area (TPSA) is 46.0 Å². The molecule has 3 aliphatic rings. The second kappa shape index (κ2) is 12.0. The third-order valence-electron chi connectivity index (χ3n) is 11.2. The SMILES string of the molecule is c1ccc(C2=NC(c3cccc4c(-c5ccc6c(c5)C5(c7ccccc7Oc7ccccc75)c5ccccc5-6)cccc34)NC(c3ccccc3)=N2)cc1. The largest absolute Gasteiger partial charge is 0.457 e. The summed E-state index contributed by atoms with van der Waals surface area (Å²) in [6, 6.07) is 66.8. The Morgan fingerprint density at radius 2 is 1.04 bits per heavy atom. The second-order valence-corrected chi connectivity index (χ2v) is 14.1. The van der Waals surface area contributed by atoms with Gasteiger partial charge in [0.15, 0.2) is 5.84 Å². The average Bonchev–Trinajstić information content (AvgIpc) is 3.53. The van der Waals surface area contributed by atoms with E-state index >= 15 is 0 Å². The Morgan fingerprint density at radius 1 is 0.444 bits per heavy atom. The van der Waals surface area contributed by atoms with E-state index in [0.717, 1.165) is 39.4 Å². The van der Waals surface area contributed by atoms with Gasteiger partial charge in [-0.2, -0.15) is 0 Å². The molecule has 2 aliphatic heterocycles. The lowest BCUT2D eigenvalue weighted by Crippen LogP contribution is -2.33. The number of para-hydroxylation sites is 2. The quantitative estimate of drug-likeness (QED) is 0.200. The predicted octanol–water partition coefficient (Wildman–Crippen LogP) is 11.5. The molecule has 0 radical (unpaired) electrons. The van der Waals surface area contributed by atoms with Crippen LogP contribution >= 0.6 is 0 Å². The van der Waals surface area contributed by atoms with Gasteiger partial charge in [-0.05, 0) is 62.4 Å². The number of rotatable bonds is 4. The van der Waals surface area contributed by atoms with Crippen molar-refractivity contribution in [2.45, 2.75) is 11.6 Å². The zero-order valence-corrected chi connectivity index (χ0v) is 29.3. The molecule has 0 fully saturated rings. The number of hydrogen-bond donors (Lipinski definition) is 1. The first-order chi connectivity index (χ1) is 26.8. The molecule has 4 heteroatoms. The van der Waals surface area contributed by atoms with Crippen molar-refractivity contribution in [3.63, 3.8) is 0 Å². The van der Waals surface area contributed by atoms with E-state index in [9.17, 15) is 0 Å². The lowest BCUT2D eigenvalue weighted by Gasteiger charge is -2.39. The molecule has 254 valence electrons. The van der Waals surface area contributed by atoms with E-state index in [0.29, 0.717) is 5.84 Å². The minimum absolute atomic E-state index is 0.333. The molecule has 1 N–H and O–H groups in total. The summed E-state index contributed by atoms with van der Waals surface area (Å²) in [4.78, 5) is 10.2. The van der Waals surface area contributed by atoms with E-state index < -0.39 is 5.41 Å². The lowest BCUT2D eigenvalue weighted by molar-refractivity contribution is 0.436. The van der Waals surface area contributed by atoms with Crippen LogP contribution in [0.25, 0.3) is 33.0 Å². The normalized spacial score (nSPS) is 15.9. The van der Waals surface area contributed by atoms with E-state index in [1.807, 2.05) is 36.4 Å². The molecule has 8 aromatic rings. The van der Waals surface area contributed by atoms with Crippen molar-refractivity contribution in [3.8, 4) is 33.8 Å². The number of ether oxygens (including phenoxy) is 1. The van der Waals surface area contributed by atoms with Crippen LogP contribution in [0.15, 0.2) is 198 Å². The Kier molecular flexibility index (Phi) is 6.80. The van der Waals surface area contributed by atoms with Gasteiger partial charge in [0, 0.05) is 27.8 Å². The van der Waals surface area contributed by atoms with Crippen LogP contribution in [0.2, 0.25) is 0 Å². The number of nitrogens with zero attached hydrogens (tertiary/aromatic N) is 2. The maximum atomic E-state index is 6.58. The maximum absolute atomic E-state index is 6.58. The molecule has 0 saturated heterocycles. The minimum atomic E-state index is -0.523. The van der Waals surface area contributed by atoms with E-state index in [4.69, 9.17) is 14.7 Å². The van der Waals surface area contributed by atoms with Crippen LogP contribution in [0.1, 0.15) is 45.1 Å². The Labute approximate surface area is 313 Å². The highest BCUT2D eigenvalue weighted by atomic mass is 16.5. The summed E-state index contributed by atoms with van der Waals surface area (Å²) in [5, 5.41) is 6.02. The van der Waals surface area contributed by atoms with Crippen molar-refractivity contribution >= 4 is 22.4 Å². The summed E-state index contributed by atoms with van der Waals surface area (Å²) in [7, 11) is 0. The van der Waals surface area contributed by atoms with E-state index in [2.05, 4.69) is 157 Å². The minimum Gasteiger partial charge on any atom is -0.457 e. The molecule has 4 nitrogen and oxygen atoms in total. The summed E-state index contributed by atoms with van der Waals surface area (Å²) in [5.74, 6) is 3.32. The first-order valence-corrected chi connectivity index (χ1v) is 18.4.